The Bertz CT molecular complexity index is 497. The van der Waals surface area contributed by atoms with Crippen molar-refractivity contribution >= 4 is 27.1 Å². The van der Waals surface area contributed by atoms with E-state index in [9.17, 15) is 13.2 Å². The predicted octanol–water partition coefficient (Wildman–Crippen LogP) is 1.08. The van der Waals surface area contributed by atoms with Crippen molar-refractivity contribution in [1.29, 1.82) is 0 Å². The van der Waals surface area contributed by atoms with Gasteiger partial charge in [0.2, 0.25) is 5.91 Å². The summed E-state index contributed by atoms with van der Waals surface area (Å²) in [5.41, 5.74) is 5.71. The highest BCUT2D eigenvalue weighted by atomic mass is 32.2. The smallest absolute Gasteiger partial charge is 0.237 e. The Labute approximate surface area is 118 Å². The largest absolute Gasteiger partial charge is 0.347 e. The molecule has 1 amide bonds. The zero-order chi connectivity index (χ0) is 14.5. The molecular formula is C12H20N2O3S2. The maximum Gasteiger partial charge on any atom is 0.237 e. The van der Waals surface area contributed by atoms with Gasteiger partial charge in [-0.15, -0.1) is 11.3 Å². The Morgan fingerprint density at radius 1 is 1.53 bits per heavy atom. The van der Waals surface area contributed by atoms with Crippen LogP contribution >= 0.6 is 11.3 Å². The fourth-order valence-electron chi connectivity index (χ4n) is 1.61. The van der Waals surface area contributed by atoms with Crippen LogP contribution in [0.3, 0.4) is 0 Å². The molecule has 0 bridgehead atoms. The van der Waals surface area contributed by atoms with Crippen molar-refractivity contribution in [3.63, 3.8) is 0 Å². The van der Waals surface area contributed by atoms with Crippen LogP contribution in [0.2, 0.25) is 0 Å². The molecule has 3 N–H and O–H groups in total. The van der Waals surface area contributed by atoms with E-state index in [-0.39, 0.29) is 24.1 Å². The van der Waals surface area contributed by atoms with E-state index >= 15 is 0 Å². The predicted molar refractivity (Wildman–Crippen MR) is 77.8 cm³/mol. The number of carbonyl (C=O) groups is 1. The molecule has 0 spiro atoms. The van der Waals surface area contributed by atoms with Gasteiger partial charge in [-0.3, -0.25) is 4.79 Å². The second-order valence-corrected chi connectivity index (χ2v) is 7.75. The van der Waals surface area contributed by atoms with Gasteiger partial charge >= 0.3 is 0 Å². The van der Waals surface area contributed by atoms with Crippen LogP contribution in [0, 0.1) is 0 Å². The van der Waals surface area contributed by atoms with Crippen molar-refractivity contribution in [2.75, 3.05) is 12.0 Å². The monoisotopic (exact) mass is 304 g/mol. The molecule has 7 heteroatoms. The summed E-state index contributed by atoms with van der Waals surface area (Å²) in [6, 6.07) is 3.04. The van der Waals surface area contributed by atoms with Gasteiger partial charge < -0.3 is 11.1 Å². The molecule has 0 saturated carbocycles. The molecule has 2 unspecified atom stereocenters. The van der Waals surface area contributed by atoms with E-state index in [2.05, 4.69) is 5.32 Å². The summed E-state index contributed by atoms with van der Waals surface area (Å²) in [5, 5.41) is 4.81. The lowest BCUT2D eigenvalue weighted by Gasteiger charge is -2.18. The van der Waals surface area contributed by atoms with Gasteiger partial charge in [-0.2, -0.15) is 0 Å². The maximum atomic E-state index is 11.9. The zero-order valence-electron chi connectivity index (χ0n) is 11.1. The molecule has 1 rings (SSSR count). The number of amides is 1. The lowest BCUT2D eigenvalue weighted by atomic mass is 10.1. The molecule has 0 radical (unpaired) electrons. The minimum atomic E-state index is -3.09. The summed E-state index contributed by atoms with van der Waals surface area (Å²) in [7, 11) is -3.09. The average Bonchev–Trinajstić information content (AvgIpc) is 2.85. The molecule has 19 heavy (non-hydrogen) atoms. The first-order valence-electron chi connectivity index (χ1n) is 6.10. The van der Waals surface area contributed by atoms with Crippen LogP contribution in [0.15, 0.2) is 17.5 Å². The van der Waals surface area contributed by atoms with Gasteiger partial charge in [-0.25, -0.2) is 8.42 Å². The van der Waals surface area contributed by atoms with E-state index in [1.807, 2.05) is 24.4 Å². The maximum absolute atomic E-state index is 11.9. The summed E-state index contributed by atoms with van der Waals surface area (Å²) < 4.78 is 22.1. The summed E-state index contributed by atoms with van der Waals surface area (Å²) in [6.07, 6.45) is 2.05. The van der Waals surface area contributed by atoms with Crippen molar-refractivity contribution in [2.45, 2.75) is 31.8 Å². The lowest BCUT2D eigenvalue weighted by molar-refractivity contribution is -0.123. The molecule has 108 valence electrons. The normalized spacial score (nSPS) is 14.9. The van der Waals surface area contributed by atoms with Crippen LogP contribution in [-0.2, 0) is 14.6 Å². The van der Waals surface area contributed by atoms with Crippen molar-refractivity contribution < 1.29 is 13.2 Å². The van der Waals surface area contributed by atoms with Crippen LogP contribution in [0.25, 0.3) is 0 Å². The Kier molecular flexibility index (Phi) is 5.96. The number of sulfone groups is 1. The van der Waals surface area contributed by atoms with Crippen molar-refractivity contribution in [2.24, 2.45) is 5.73 Å². The third-order valence-electron chi connectivity index (χ3n) is 2.75. The van der Waals surface area contributed by atoms with Crippen molar-refractivity contribution in [1.82, 2.24) is 5.32 Å². The fraction of sp³-hybridized carbons (Fsp3) is 0.583. The molecule has 0 aliphatic carbocycles. The molecule has 0 saturated heterocycles. The van der Waals surface area contributed by atoms with Crippen molar-refractivity contribution in [3.8, 4) is 0 Å². The highest BCUT2D eigenvalue weighted by Gasteiger charge is 2.20. The Morgan fingerprint density at radius 3 is 2.68 bits per heavy atom. The van der Waals surface area contributed by atoms with E-state index in [0.29, 0.717) is 0 Å². The molecule has 2 atom stereocenters. The van der Waals surface area contributed by atoms with Gasteiger partial charge in [-0.05, 0) is 24.3 Å². The van der Waals surface area contributed by atoms with E-state index in [1.165, 1.54) is 0 Å². The quantitative estimate of drug-likeness (QED) is 0.789. The van der Waals surface area contributed by atoms with Gasteiger partial charge in [0.05, 0.1) is 17.8 Å². The third-order valence-corrected chi connectivity index (χ3v) is 4.71. The van der Waals surface area contributed by atoms with E-state index in [0.717, 1.165) is 17.6 Å². The third kappa shape index (κ3) is 5.71. The first-order valence-corrected chi connectivity index (χ1v) is 9.04. The molecule has 5 nitrogen and oxygen atoms in total. The molecule has 1 aromatic heterocycles. The van der Waals surface area contributed by atoms with Gasteiger partial charge in [-0.1, -0.05) is 13.0 Å². The number of thiophene rings is 1. The van der Waals surface area contributed by atoms with Crippen LogP contribution in [0.1, 0.15) is 30.7 Å². The summed E-state index contributed by atoms with van der Waals surface area (Å²) in [4.78, 5) is 13.0. The van der Waals surface area contributed by atoms with Crippen LogP contribution in [0.5, 0.6) is 0 Å². The van der Waals surface area contributed by atoms with Crippen LogP contribution < -0.4 is 11.1 Å². The standard InChI is InChI=1S/C12H20N2O3S2/c1-3-10(11-5-4-7-18-11)14-12(15)9(13)6-8-19(2,16)17/h4-5,7,9-10H,3,6,8,13H2,1-2H3,(H,14,15). The molecule has 0 fully saturated rings. The number of hydrogen-bond acceptors (Lipinski definition) is 5. The van der Waals surface area contributed by atoms with E-state index in [1.54, 1.807) is 11.3 Å². The second-order valence-electron chi connectivity index (χ2n) is 4.51. The van der Waals surface area contributed by atoms with Gasteiger partial charge in [0.25, 0.3) is 0 Å². The number of nitrogens with one attached hydrogen (secondary N) is 1. The Hall–Kier alpha value is -0.920. The van der Waals surface area contributed by atoms with Crippen LogP contribution in [-0.4, -0.2) is 32.4 Å². The summed E-state index contributed by atoms with van der Waals surface area (Å²) in [6.45, 7) is 1.98. The average molecular weight is 304 g/mol. The SMILES string of the molecule is CCC(NC(=O)C(N)CCS(C)(=O)=O)c1cccs1. The molecular weight excluding hydrogens is 284 g/mol. The summed E-state index contributed by atoms with van der Waals surface area (Å²) in [5.74, 6) is -0.374. The molecule has 0 aromatic carbocycles. The van der Waals surface area contributed by atoms with Crippen molar-refractivity contribution in [3.05, 3.63) is 22.4 Å². The summed E-state index contributed by atoms with van der Waals surface area (Å²) >= 11 is 1.58. The zero-order valence-corrected chi connectivity index (χ0v) is 12.8. The first-order chi connectivity index (χ1) is 8.83. The Morgan fingerprint density at radius 2 is 2.21 bits per heavy atom. The van der Waals surface area contributed by atoms with E-state index in [4.69, 9.17) is 5.73 Å². The van der Waals surface area contributed by atoms with Gasteiger partial charge in [0.15, 0.2) is 0 Å². The number of rotatable bonds is 7. The molecule has 0 aliphatic heterocycles. The Balaban J connectivity index is 2.53. The lowest BCUT2D eigenvalue weighted by Crippen LogP contribution is -2.42. The topological polar surface area (TPSA) is 89.3 Å². The highest BCUT2D eigenvalue weighted by molar-refractivity contribution is 7.90. The van der Waals surface area contributed by atoms with Gasteiger partial charge in [0.1, 0.15) is 9.84 Å². The minimum absolute atomic E-state index is 0.0585. The highest BCUT2D eigenvalue weighted by Crippen LogP contribution is 2.21. The van der Waals surface area contributed by atoms with Gasteiger partial charge in [0, 0.05) is 11.1 Å². The molecule has 1 aromatic rings. The van der Waals surface area contributed by atoms with E-state index < -0.39 is 15.9 Å². The molecule has 1 heterocycles. The number of hydrogen-bond donors (Lipinski definition) is 2. The second kappa shape index (κ2) is 7.02. The fourth-order valence-corrected chi connectivity index (χ4v) is 3.16. The minimum Gasteiger partial charge on any atom is -0.347 e. The molecule has 0 aliphatic rings. The number of carbonyl (C=O) groups excluding carboxylic acids is 1. The number of nitrogens with two attached hydrogens (primary N) is 1. The van der Waals surface area contributed by atoms with Crippen LogP contribution in [0.4, 0.5) is 0 Å². The first kappa shape index (κ1) is 16.1.